The van der Waals surface area contributed by atoms with Crippen LogP contribution in [0.15, 0.2) is 58.4 Å². The van der Waals surface area contributed by atoms with Crippen molar-refractivity contribution in [1.29, 1.82) is 0 Å². The van der Waals surface area contributed by atoms with Crippen LogP contribution in [0.1, 0.15) is 20.0 Å². The molecule has 0 spiro atoms. The average molecular weight is 434 g/mol. The van der Waals surface area contributed by atoms with Crippen LogP contribution in [-0.2, 0) is 0 Å². The fourth-order valence-electron chi connectivity index (χ4n) is 2.25. The topological polar surface area (TPSA) is 70.2 Å². The van der Waals surface area contributed by atoms with Gasteiger partial charge in [0.2, 0.25) is 0 Å². The van der Waals surface area contributed by atoms with E-state index in [4.69, 9.17) is 12.2 Å². The van der Waals surface area contributed by atoms with Gasteiger partial charge in [-0.25, -0.2) is 0 Å². The molecule has 0 aliphatic rings. The Hall–Kier alpha value is -2.29. The quantitative estimate of drug-likeness (QED) is 0.426. The molecular formula is C17H12BrN3O2S2. The van der Waals surface area contributed by atoms with E-state index in [1.54, 1.807) is 29.6 Å². The number of thiophene rings is 1. The summed E-state index contributed by atoms with van der Waals surface area (Å²) in [6, 6.07) is 14.6. The molecule has 2 aromatic carbocycles. The molecule has 2 amide bonds. The van der Waals surface area contributed by atoms with Crippen LogP contribution < -0.4 is 16.2 Å². The van der Waals surface area contributed by atoms with Gasteiger partial charge in [-0.15, -0.1) is 11.3 Å². The van der Waals surface area contributed by atoms with Gasteiger partial charge in [0.1, 0.15) is 0 Å². The summed E-state index contributed by atoms with van der Waals surface area (Å²) in [5.74, 6) is -0.674. The smallest absolute Gasteiger partial charge is 0.279 e. The number of nitrogens with one attached hydrogen (secondary N) is 3. The van der Waals surface area contributed by atoms with Crippen LogP contribution in [0, 0.1) is 0 Å². The van der Waals surface area contributed by atoms with Crippen LogP contribution in [-0.4, -0.2) is 16.9 Å². The number of carbonyl (C=O) groups excluding carboxylic acids is 2. The fourth-order valence-corrected chi connectivity index (χ4v) is 3.52. The normalized spacial score (nSPS) is 10.3. The van der Waals surface area contributed by atoms with Gasteiger partial charge < -0.3 is 0 Å². The summed E-state index contributed by atoms with van der Waals surface area (Å²) in [6.07, 6.45) is 0. The third-order valence-corrected chi connectivity index (χ3v) is 5.14. The van der Waals surface area contributed by atoms with Crippen molar-refractivity contribution in [2.75, 3.05) is 0 Å². The van der Waals surface area contributed by atoms with Crippen LogP contribution in [0.2, 0.25) is 0 Å². The molecule has 0 atom stereocenters. The Bertz CT molecular complexity index is 958. The molecule has 0 saturated carbocycles. The van der Waals surface area contributed by atoms with Gasteiger partial charge in [0, 0.05) is 10.0 Å². The minimum atomic E-state index is -0.355. The monoisotopic (exact) mass is 433 g/mol. The lowest BCUT2D eigenvalue weighted by Crippen LogP contribution is -2.48. The van der Waals surface area contributed by atoms with Crippen molar-refractivity contribution in [3.05, 3.63) is 68.8 Å². The third-order valence-electron chi connectivity index (χ3n) is 3.38. The maximum atomic E-state index is 12.5. The molecule has 126 valence electrons. The third kappa shape index (κ3) is 4.04. The highest BCUT2D eigenvalue weighted by molar-refractivity contribution is 9.10. The highest BCUT2D eigenvalue weighted by Crippen LogP contribution is 2.26. The Morgan fingerprint density at radius 1 is 0.920 bits per heavy atom. The number of thiocarbonyl (C=S) groups is 1. The fraction of sp³-hybridized carbons (Fsp3) is 0. The van der Waals surface area contributed by atoms with Crippen LogP contribution >= 0.6 is 39.5 Å². The van der Waals surface area contributed by atoms with Gasteiger partial charge in [0.25, 0.3) is 11.8 Å². The zero-order chi connectivity index (χ0) is 17.8. The second-order valence-electron chi connectivity index (χ2n) is 4.98. The van der Waals surface area contributed by atoms with Gasteiger partial charge in [0.05, 0.1) is 4.88 Å². The molecule has 0 fully saturated rings. The van der Waals surface area contributed by atoms with E-state index in [0.717, 1.165) is 15.2 Å². The van der Waals surface area contributed by atoms with E-state index in [0.29, 0.717) is 10.4 Å². The molecule has 25 heavy (non-hydrogen) atoms. The molecule has 0 saturated heterocycles. The van der Waals surface area contributed by atoms with E-state index in [1.165, 1.54) is 11.3 Å². The lowest BCUT2D eigenvalue weighted by atomic mass is 10.0. The Balaban J connectivity index is 1.67. The maximum Gasteiger partial charge on any atom is 0.279 e. The molecule has 0 radical (unpaired) electrons. The summed E-state index contributed by atoms with van der Waals surface area (Å²) in [5, 5.41) is 6.11. The molecule has 3 aromatic rings. The zero-order valence-electron chi connectivity index (χ0n) is 12.7. The van der Waals surface area contributed by atoms with Crippen LogP contribution in [0.5, 0.6) is 0 Å². The van der Waals surface area contributed by atoms with Crippen LogP contribution in [0.4, 0.5) is 0 Å². The number of fused-ring (bicyclic) bond motifs is 1. The number of rotatable bonds is 2. The second kappa shape index (κ2) is 7.73. The molecule has 8 heteroatoms. The van der Waals surface area contributed by atoms with E-state index in [9.17, 15) is 9.59 Å². The Morgan fingerprint density at radius 3 is 2.44 bits per heavy atom. The van der Waals surface area contributed by atoms with Crippen LogP contribution in [0.3, 0.4) is 0 Å². The molecule has 0 aliphatic heterocycles. The van der Waals surface area contributed by atoms with E-state index in [-0.39, 0.29) is 16.9 Å². The minimum Gasteiger partial charge on any atom is -0.298 e. The number of hydrazine groups is 1. The van der Waals surface area contributed by atoms with E-state index in [1.807, 2.05) is 24.3 Å². The van der Waals surface area contributed by atoms with Crippen molar-refractivity contribution in [1.82, 2.24) is 16.2 Å². The van der Waals surface area contributed by atoms with Gasteiger partial charge in [-0.3, -0.25) is 25.8 Å². The van der Waals surface area contributed by atoms with Crippen molar-refractivity contribution in [3.8, 4) is 0 Å². The van der Waals surface area contributed by atoms with Gasteiger partial charge >= 0.3 is 0 Å². The molecule has 1 heterocycles. The molecule has 5 nitrogen and oxygen atoms in total. The average Bonchev–Trinajstić information content (AvgIpc) is 3.14. The number of amides is 2. The highest BCUT2D eigenvalue weighted by atomic mass is 79.9. The first-order chi connectivity index (χ1) is 12.1. The summed E-state index contributed by atoms with van der Waals surface area (Å²) < 4.78 is 0.906. The Labute approximate surface area is 161 Å². The SMILES string of the molecule is O=C(NNC(=S)NC(=O)c1cccc2c(Br)cccc12)c1cccs1. The number of benzene rings is 2. The number of hydrogen-bond acceptors (Lipinski definition) is 4. The lowest BCUT2D eigenvalue weighted by molar-refractivity contribution is 0.0938. The van der Waals surface area contributed by atoms with Gasteiger partial charge in [-0.2, -0.15) is 0 Å². The summed E-state index contributed by atoms with van der Waals surface area (Å²) >= 11 is 9.85. The van der Waals surface area contributed by atoms with E-state index in [2.05, 4.69) is 32.1 Å². The lowest BCUT2D eigenvalue weighted by Gasteiger charge is -2.11. The minimum absolute atomic E-state index is 0.0157. The van der Waals surface area contributed by atoms with E-state index >= 15 is 0 Å². The number of carbonyl (C=O) groups is 2. The molecular weight excluding hydrogens is 422 g/mol. The standard InChI is InChI=1S/C17H12BrN3O2S2/c18-13-7-2-4-10-11(13)5-1-6-12(10)15(22)19-17(24)21-20-16(23)14-8-3-9-25-14/h1-9H,(H,20,23)(H2,19,21,22,24). The molecule has 1 aromatic heterocycles. The molecule has 0 unspecified atom stereocenters. The molecule has 3 N–H and O–H groups in total. The van der Waals surface area contributed by atoms with Crippen molar-refractivity contribution in [2.24, 2.45) is 0 Å². The van der Waals surface area contributed by atoms with Gasteiger partial charge in [-0.05, 0) is 46.6 Å². The summed E-state index contributed by atoms with van der Waals surface area (Å²) in [5.41, 5.74) is 5.47. The largest absolute Gasteiger partial charge is 0.298 e. The van der Waals surface area contributed by atoms with Gasteiger partial charge in [-0.1, -0.05) is 46.3 Å². The predicted octanol–water partition coefficient (Wildman–Crippen LogP) is 3.61. The summed E-state index contributed by atoms with van der Waals surface area (Å²) in [6.45, 7) is 0. The maximum absolute atomic E-state index is 12.5. The van der Waals surface area contributed by atoms with Crippen LogP contribution in [0.25, 0.3) is 10.8 Å². The first-order valence-electron chi connectivity index (χ1n) is 7.18. The van der Waals surface area contributed by atoms with Crippen molar-refractivity contribution in [2.45, 2.75) is 0 Å². The van der Waals surface area contributed by atoms with Crippen molar-refractivity contribution < 1.29 is 9.59 Å². The molecule has 0 aliphatic carbocycles. The summed E-state index contributed by atoms with van der Waals surface area (Å²) in [4.78, 5) is 24.9. The second-order valence-corrected chi connectivity index (χ2v) is 7.19. The first kappa shape index (κ1) is 17.5. The zero-order valence-corrected chi connectivity index (χ0v) is 15.9. The number of hydrogen-bond donors (Lipinski definition) is 3. The predicted molar refractivity (Wildman–Crippen MR) is 107 cm³/mol. The van der Waals surface area contributed by atoms with Crippen molar-refractivity contribution >= 4 is 67.2 Å². The Kier molecular flexibility index (Phi) is 5.42. The Morgan fingerprint density at radius 2 is 1.68 bits per heavy atom. The van der Waals surface area contributed by atoms with Crippen molar-refractivity contribution in [3.63, 3.8) is 0 Å². The molecule has 0 bridgehead atoms. The van der Waals surface area contributed by atoms with Gasteiger partial charge in [0.15, 0.2) is 5.11 Å². The summed E-state index contributed by atoms with van der Waals surface area (Å²) in [7, 11) is 0. The first-order valence-corrected chi connectivity index (χ1v) is 9.27. The molecule has 3 rings (SSSR count). The number of halogens is 1. The highest BCUT2D eigenvalue weighted by Gasteiger charge is 2.13. The van der Waals surface area contributed by atoms with E-state index < -0.39 is 0 Å².